The molecule has 1 aromatic carbocycles. The fourth-order valence-electron chi connectivity index (χ4n) is 4.61. The van der Waals surface area contributed by atoms with E-state index in [1.807, 2.05) is 35.4 Å². The van der Waals surface area contributed by atoms with Crippen molar-refractivity contribution in [1.29, 1.82) is 0 Å². The number of nitrogens with zero attached hydrogens (tertiary/aromatic N) is 1. The number of terminal acetylenes is 1. The Balaban J connectivity index is 2.25. The summed E-state index contributed by atoms with van der Waals surface area (Å²) in [6.07, 6.45) is 7.90. The van der Waals surface area contributed by atoms with Gasteiger partial charge in [-0.15, -0.1) is 12.3 Å². The Bertz CT molecular complexity index is 1040. The second kappa shape index (κ2) is 14.0. The number of hydroxylamine groups is 2. The zero-order valence-corrected chi connectivity index (χ0v) is 26.5. The van der Waals surface area contributed by atoms with E-state index >= 15 is 0 Å². The van der Waals surface area contributed by atoms with Crippen molar-refractivity contribution in [2.75, 3.05) is 19.8 Å². The second-order valence-electron chi connectivity index (χ2n) is 12.4. The Morgan fingerprint density at radius 1 is 0.975 bits per heavy atom. The van der Waals surface area contributed by atoms with Crippen LogP contribution in [-0.2, 0) is 33.4 Å². The lowest BCUT2D eigenvalue weighted by atomic mass is 9.82. The Morgan fingerprint density at radius 3 is 2.10 bits per heavy atom. The predicted octanol–water partition coefficient (Wildman–Crippen LogP) is 5.93. The zero-order valence-electron chi connectivity index (χ0n) is 24.9. The zero-order chi connectivity index (χ0) is 30.2. The Hall–Kier alpha value is -2.41. The molecule has 0 spiro atoms. The first-order valence-corrected chi connectivity index (χ1v) is 14.5. The largest absolute Gasteiger partial charge is 0.464 e. The normalized spacial score (nSPS) is 19.0. The van der Waals surface area contributed by atoms with E-state index in [4.69, 9.17) is 25.5 Å². The van der Waals surface area contributed by atoms with Crippen LogP contribution in [0.25, 0.3) is 0 Å². The first kappa shape index (κ1) is 33.8. The number of ether oxygens (including phenoxy) is 3. The number of halogens is 1. The SMILES string of the molecule is C#CCCC(=O)OCC(C)(COC(=O)C(C)(C)Br)C(=O)OCC(ON1C(C)(C)CCCC1(C)C)c1ccccc1. The molecule has 2 rings (SSSR count). The number of benzene rings is 1. The van der Waals surface area contributed by atoms with Crippen LogP contribution in [0.3, 0.4) is 0 Å². The van der Waals surface area contributed by atoms with Crippen molar-refractivity contribution in [3.63, 3.8) is 0 Å². The topological polar surface area (TPSA) is 91.4 Å². The van der Waals surface area contributed by atoms with Crippen LogP contribution in [0.4, 0.5) is 0 Å². The van der Waals surface area contributed by atoms with E-state index in [-0.39, 0.29) is 43.7 Å². The van der Waals surface area contributed by atoms with Crippen LogP contribution < -0.4 is 0 Å². The van der Waals surface area contributed by atoms with Crippen molar-refractivity contribution in [2.24, 2.45) is 5.41 Å². The summed E-state index contributed by atoms with van der Waals surface area (Å²) in [6.45, 7) is 12.6. The van der Waals surface area contributed by atoms with Gasteiger partial charge in [-0.1, -0.05) is 46.3 Å². The third-order valence-corrected chi connectivity index (χ3v) is 7.30. The van der Waals surface area contributed by atoms with Crippen LogP contribution in [0.1, 0.15) is 92.2 Å². The van der Waals surface area contributed by atoms with Crippen LogP contribution in [-0.4, -0.2) is 58.2 Å². The molecule has 0 N–H and O–H groups in total. The van der Waals surface area contributed by atoms with Crippen molar-refractivity contribution >= 4 is 33.8 Å². The number of carbonyl (C=O) groups is 3. The molecule has 1 aromatic rings. The lowest BCUT2D eigenvalue weighted by molar-refractivity contribution is -0.312. The highest BCUT2D eigenvalue weighted by Crippen LogP contribution is 2.40. The van der Waals surface area contributed by atoms with Gasteiger partial charge >= 0.3 is 17.9 Å². The highest BCUT2D eigenvalue weighted by Gasteiger charge is 2.45. The van der Waals surface area contributed by atoms with Gasteiger partial charge in [-0.3, -0.25) is 19.2 Å². The molecule has 2 atom stereocenters. The van der Waals surface area contributed by atoms with Crippen molar-refractivity contribution in [2.45, 2.75) is 102 Å². The average molecular weight is 623 g/mol. The molecule has 1 heterocycles. The smallest absolute Gasteiger partial charge is 0.322 e. The van der Waals surface area contributed by atoms with Crippen LogP contribution in [0.15, 0.2) is 30.3 Å². The highest BCUT2D eigenvalue weighted by molar-refractivity contribution is 9.10. The number of hydrogen-bond acceptors (Lipinski definition) is 8. The van der Waals surface area contributed by atoms with E-state index in [1.54, 1.807) is 13.8 Å². The maximum absolute atomic E-state index is 13.5. The van der Waals surface area contributed by atoms with Gasteiger partial charge in [0.2, 0.25) is 0 Å². The molecule has 40 heavy (non-hydrogen) atoms. The molecular weight excluding hydrogens is 578 g/mol. The van der Waals surface area contributed by atoms with Crippen LogP contribution in [0.5, 0.6) is 0 Å². The lowest BCUT2D eigenvalue weighted by Gasteiger charge is -2.52. The molecule has 1 saturated heterocycles. The first-order chi connectivity index (χ1) is 18.5. The number of rotatable bonds is 13. The van der Waals surface area contributed by atoms with E-state index in [0.717, 1.165) is 24.8 Å². The maximum atomic E-state index is 13.5. The minimum absolute atomic E-state index is 0.0151. The highest BCUT2D eigenvalue weighted by atomic mass is 79.9. The van der Waals surface area contributed by atoms with Crippen LogP contribution in [0.2, 0.25) is 0 Å². The quantitative estimate of drug-likeness (QED) is 0.116. The summed E-state index contributed by atoms with van der Waals surface area (Å²) in [6, 6.07) is 9.57. The van der Waals surface area contributed by atoms with Crippen molar-refractivity contribution < 1.29 is 33.4 Å². The molecular formula is C31H44BrNO7. The number of alkyl halides is 1. The summed E-state index contributed by atoms with van der Waals surface area (Å²) in [7, 11) is 0. The Labute approximate surface area is 247 Å². The predicted molar refractivity (Wildman–Crippen MR) is 156 cm³/mol. The minimum atomic E-state index is -1.45. The van der Waals surface area contributed by atoms with Gasteiger partial charge in [0.25, 0.3) is 0 Å². The summed E-state index contributed by atoms with van der Waals surface area (Å²) in [5, 5.41) is 2.03. The monoisotopic (exact) mass is 621 g/mol. The van der Waals surface area contributed by atoms with E-state index in [0.29, 0.717) is 0 Å². The van der Waals surface area contributed by atoms with Gasteiger partial charge in [0.1, 0.15) is 35.7 Å². The van der Waals surface area contributed by atoms with Gasteiger partial charge in [-0.25, -0.2) is 0 Å². The number of esters is 3. The third kappa shape index (κ3) is 9.60. The molecule has 0 aliphatic carbocycles. The third-order valence-electron chi connectivity index (χ3n) is 6.97. The maximum Gasteiger partial charge on any atom is 0.322 e. The second-order valence-corrected chi connectivity index (χ2v) is 14.3. The van der Waals surface area contributed by atoms with Gasteiger partial charge < -0.3 is 14.2 Å². The van der Waals surface area contributed by atoms with Gasteiger partial charge in [0.05, 0.1) is 6.42 Å². The molecule has 8 nitrogen and oxygen atoms in total. The molecule has 222 valence electrons. The van der Waals surface area contributed by atoms with E-state index in [1.165, 1.54) is 6.92 Å². The van der Waals surface area contributed by atoms with Crippen LogP contribution >= 0.6 is 15.9 Å². The summed E-state index contributed by atoms with van der Waals surface area (Å²) in [4.78, 5) is 44.7. The van der Waals surface area contributed by atoms with Crippen molar-refractivity contribution in [3.05, 3.63) is 35.9 Å². The van der Waals surface area contributed by atoms with E-state index in [9.17, 15) is 14.4 Å². The van der Waals surface area contributed by atoms with E-state index < -0.39 is 33.8 Å². The van der Waals surface area contributed by atoms with E-state index in [2.05, 4.69) is 49.5 Å². The van der Waals surface area contributed by atoms with Crippen molar-refractivity contribution in [1.82, 2.24) is 5.06 Å². The number of hydrogen-bond donors (Lipinski definition) is 0. The molecule has 1 aliphatic rings. The molecule has 0 amide bonds. The molecule has 2 unspecified atom stereocenters. The summed E-state index contributed by atoms with van der Waals surface area (Å²) < 4.78 is 15.6. The summed E-state index contributed by atoms with van der Waals surface area (Å²) in [5.74, 6) is 0.586. The Kier molecular flexibility index (Phi) is 11.8. The summed E-state index contributed by atoms with van der Waals surface area (Å²) >= 11 is 3.26. The Morgan fingerprint density at radius 2 is 1.55 bits per heavy atom. The van der Waals surface area contributed by atoms with Crippen LogP contribution in [0, 0.1) is 17.8 Å². The molecule has 9 heteroatoms. The van der Waals surface area contributed by atoms with Gasteiger partial charge in [-0.2, -0.15) is 5.06 Å². The molecule has 1 fully saturated rings. The average Bonchev–Trinajstić information content (AvgIpc) is 2.87. The standard InChI is InChI=1S/C31H44BrNO7/c1-9-10-17-25(34)38-21-31(8,22-39-26(35)30(6,7)32)27(36)37-20-24(23-15-12-11-13-16-23)40-33-28(2,3)18-14-19-29(33,4)5/h1,11-13,15-16,24H,10,14,17-22H2,2-8H3. The molecule has 0 aromatic heterocycles. The molecule has 0 radical (unpaired) electrons. The summed E-state index contributed by atoms with van der Waals surface area (Å²) in [5.41, 5.74) is -1.06. The number of piperidine rings is 1. The number of carbonyl (C=O) groups excluding carboxylic acids is 3. The fourth-order valence-corrected chi connectivity index (χ4v) is 4.73. The van der Waals surface area contributed by atoms with Gasteiger partial charge in [0, 0.05) is 17.5 Å². The first-order valence-electron chi connectivity index (χ1n) is 13.7. The molecule has 1 aliphatic heterocycles. The molecule has 0 bridgehead atoms. The fraction of sp³-hybridized carbons (Fsp3) is 0.645. The lowest BCUT2D eigenvalue weighted by Crippen LogP contribution is -2.58. The molecule has 0 saturated carbocycles. The van der Waals surface area contributed by atoms with Crippen molar-refractivity contribution in [3.8, 4) is 12.3 Å². The van der Waals surface area contributed by atoms with Gasteiger partial charge in [-0.05, 0) is 73.3 Å². The van der Waals surface area contributed by atoms with Gasteiger partial charge in [0.15, 0.2) is 0 Å². The minimum Gasteiger partial charge on any atom is -0.464 e.